The van der Waals surface area contributed by atoms with Gasteiger partial charge in [0.2, 0.25) is 5.89 Å². The smallest absolute Gasteiger partial charge is 0.254 e. The number of hydrogen-bond donors (Lipinski definition) is 0. The molecule has 112 valence electrons. The van der Waals surface area contributed by atoms with Crippen molar-refractivity contribution >= 4 is 0 Å². The Bertz CT molecular complexity index is 802. The molecule has 6 heteroatoms. The lowest BCUT2D eigenvalue weighted by molar-refractivity contribution is 0.262. The molecule has 0 unspecified atom stereocenters. The first kappa shape index (κ1) is 14.2. The molecule has 2 aromatic carbocycles. The average Bonchev–Trinajstić information content (AvgIpc) is 2.98. The number of aryl methyl sites for hydroxylation is 1. The van der Waals surface area contributed by atoms with Gasteiger partial charge in [0.15, 0.2) is 18.2 Å². The number of benzene rings is 2. The maximum absolute atomic E-state index is 13.1. The molecule has 1 aromatic heterocycles. The number of halogens is 2. The maximum atomic E-state index is 13.1. The van der Waals surface area contributed by atoms with Crippen LogP contribution in [0, 0.1) is 18.6 Å². The molecule has 3 rings (SSSR count). The van der Waals surface area contributed by atoms with Crippen LogP contribution in [-0.2, 0) is 6.61 Å². The van der Waals surface area contributed by atoms with Crippen molar-refractivity contribution in [2.45, 2.75) is 13.5 Å². The predicted octanol–water partition coefficient (Wildman–Crippen LogP) is 3.90. The third-order valence-electron chi connectivity index (χ3n) is 3.10. The molecule has 0 atom stereocenters. The van der Waals surface area contributed by atoms with E-state index >= 15 is 0 Å². The molecule has 0 saturated heterocycles. The van der Waals surface area contributed by atoms with Crippen LogP contribution in [0.2, 0.25) is 0 Å². The van der Waals surface area contributed by atoms with Crippen LogP contribution in [0.3, 0.4) is 0 Å². The predicted molar refractivity (Wildman–Crippen MR) is 75.2 cm³/mol. The van der Waals surface area contributed by atoms with E-state index in [4.69, 9.17) is 9.15 Å². The summed E-state index contributed by atoms with van der Waals surface area (Å²) in [6, 6.07) is 10.9. The fraction of sp³-hybridized carbons (Fsp3) is 0.125. The molecule has 0 N–H and O–H groups in total. The van der Waals surface area contributed by atoms with Crippen LogP contribution < -0.4 is 4.74 Å². The molecule has 0 amide bonds. The van der Waals surface area contributed by atoms with Crippen molar-refractivity contribution in [2.75, 3.05) is 0 Å². The van der Waals surface area contributed by atoms with Crippen molar-refractivity contribution in [1.29, 1.82) is 0 Å². The fourth-order valence-electron chi connectivity index (χ4n) is 1.95. The highest BCUT2D eigenvalue weighted by Gasteiger charge is 2.11. The van der Waals surface area contributed by atoms with E-state index in [1.54, 1.807) is 0 Å². The Morgan fingerprint density at radius 2 is 1.86 bits per heavy atom. The summed E-state index contributed by atoms with van der Waals surface area (Å²) in [5.41, 5.74) is 1.85. The number of hydrogen-bond acceptors (Lipinski definition) is 4. The summed E-state index contributed by atoms with van der Waals surface area (Å²) < 4.78 is 36.7. The minimum absolute atomic E-state index is 0.0239. The molecular weight excluding hydrogens is 290 g/mol. The Kier molecular flexibility index (Phi) is 3.82. The van der Waals surface area contributed by atoms with E-state index in [1.807, 2.05) is 31.2 Å². The van der Waals surface area contributed by atoms with Gasteiger partial charge in [-0.15, -0.1) is 10.2 Å². The molecule has 1 heterocycles. The minimum atomic E-state index is -0.969. The van der Waals surface area contributed by atoms with Crippen LogP contribution in [0.4, 0.5) is 8.78 Å². The van der Waals surface area contributed by atoms with E-state index in [2.05, 4.69) is 10.2 Å². The molecule has 0 saturated carbocycles. The minimum Gasteiger partial charge on any atom is -0.484 e. The lowest BCUT2D eigenvalue weighted by Gasteiger charge is -2.03. The van der Waals surface area contributed by atoms with Gasteiger partial charge in [-0.3, -0.25) is 0 Å². The van der Waals surface area contributed by atoms with E-state index in [9.17, 15) is 8.78 Å². The van der Waals surface area contributed by atoms with Gasteiger partial charge in [-0.05, 0) is 30.7 Å². The molecule has 0 radical (unpaired) electrons. The van der Waals surface area contributed by atoms with Gasteiger partial charge in [0, 0.05) is 11.6 Å². The van der Waals surface area contributed by atoms with Crippen LogP contribution in [0.15, 0.2) is 46.9 Å². The standard InChI is InChI=1S/C16H12F2N2O2/c1-10-4-2-3-5-12(10)16-20-19-15(22-16)9-21-11-6-7-13(17)14(18)8-11/h2-8H,9H2,1H3. The number of ether oxygens (including phenoxy) is 1. The first-order valence-corrected chi connectivity index (χ1v) is 6.60. The Morgan fingerprint density at radius 3 is 2.64 bits per heavy atom. The fourth-order valence-corrected chi connectivity index (χ4v) is 1.95. The number of aromatic nitrogens is 2. The highest BCUT2D eigenvalue weighted by Crippen LogP contribution is 2.22. The largest absolute Gasteiger partial charge is 0.484 e. The summed E-state index contributed by atoms with van der Waals surface area (Å²) in [7, 11) is 0. The van der Waals surface area contributed by atoms with Crippen molar-refractivity contribution < 1.29 is 17.9 Å². The lowest BCUT2D eigenvalue weighted by Crippen LogP contribution is -1.96. The molecular formula is C16H12F2N2O2. The van der Waals surface area contributed by atoms with Crippen LogP contribution in [-0.4, -0.2) is 10.2 Å². The van der Waals surface area contributed by atoms with Crippen molar-refractivity contribution in [3.63, 3.8) is 0 Å². The van der Waals surface area contributed by atoms with E-state index in [1.165, 1.54) is 6.07 Å². The van der Waals surface area contributed by atoms with Crippen LogP contribution in [0.5, 0.6) is 5.75 Å². The van der Waals surface area contributed by atoms with Crippen molar-refractivity contribution in [3.05, 3.63) is 65.6 Å². The number of nitrogens with zero attached hydrogens (tertiary/aromatic N) is 2. The van der Waals surface area contributed by atoms with Crippen LogP contribution in [0.1, 0.15) is 11.5 Å². The van der Waals surface area contributed by atoms with E-state index < -0.39 is 11.6 Å². The Labute approximate surface area is 125 Å². The highest BCUT2D eigenvalue weighted by molar-refractivity contribution is 5.57. The summed E-state index contributed by atoms with van der Waals surface area (Å²) in [5, 5.41) is 7.84. The molecule has 0 aliphatic heterocycles. The van der Waals surface area contributed by atoms with Gasteiger partial charge in [0.25, 0.3) is 5.89 Å². The second kappa shape index (κ2) is 5.93. The Morgan fingerprint density at radius 1 is 1.05 bits per heavy atom. The SMILES string of the molecule is Cc1ccccc1-c1nnc(COc2ccc(F)c(F)c2)o1. The van der Waals surface area contributed by atoms with Crippen molar-refractivity contribution in [1.82, 2.24) is 10.2 Å². The van der Waals surface area contributed by atoms with Crippen molar-refractivity contribution in [3.8, 4) is 17.2 Å². The molecule has 4 nitrogen and oxygen atoms in total. The number of rotatable bonds is 4. The van der Waals surface area contributed by atoms with Gasteiger partial charge < -0.3 is 9.15 Å². The van der Waals surface area contributed by atoms with E-state index in [0.717, 1.165) is 23.3 Å². The maximum Gasteiger partial charge on any atom is 0.254 e. The van der Waals surface area contributed by atoms with Crippen molar-refractivity contribution in [2.24, 2.45) is 0 Å². The molecule has 3 aromatic rings. The van der Waals surface area contributed by atoms with Gasteiger partial charge in [-0.1, -0.05) is 18.2 Å². The zero-order valence-corrected chi connectivity index (χ0v) is 11.7. The van der Waals surface area contributed by atoms with Gasteiger partial charge in [-0.2, -0.15) is 0 Å². The second-order valence-corrected chi connectivity index (χ2v) is 4.68. The van der Waals surface area contributed by atoms with Gasteiger partial charge in [-0.25, -0.2) is 8.78 Å². The topological polar surface area (TPSA) is 48.2 Å². The second-order valence-electron chi connectivity index (χ2n) is 4.68. The van der Waals surface area contributed by atoms with E-state index in [0.29, 0.717) is 5.89 Å². The summed E-state index contributed by atoms with van der Waals surface area (Å²) >= 11 is 0. The summed E-state index contributed by atoms with van der Waals surface area (Å²) in [6.07, 6.45) is 0. The van der Waals surface area contributed by atoms with Crippen LogP contribution >= 0.6 is 0 Å². The van der Waals surface area contributed by atoms with Crippen LogP contribution in [0.25, 0.3) is 11.5 Å². The quantitative estimate of drug-likeness (QED) is 0.733. The molecule has 0 aliphatic carbocycles. The normalized spacial score (nSPS) is 10.7. The third-order valence-corrected chi connectivity index (χ3v) is 3.10. The lowest BCUT2D eigenvalue weighted by atomic mass is 10.1. The molecule has 0 bridgehead atoms. The molecule has 0 fully saturated rings. The average molecular weight is 302 g/mol. The summed E-state index contributed by atoms with van der Waals surface area (Å²) in [4.78, 5) is 0. The highest BCUT2D eigenvalue weighted by atomic mass is 19.2. The first-order chi connectivity index (χ1) is 10.6. The zero-order chi connectivity index (χ0) is 15.5. The Balaban J connectivity index is 1.72. The van der Waals surface area contributed by atoms with Gasteiger partial charge in [0.05, 0.1) is 0 Å². The summed E-state index contributed by atoms with van der Waals surface area (Å²) in [5.74, 6) is -1.06. The molecule has 22 heavy (non-hydrogen) atoms. The monoisotopic (exact) mass is 302 g/mol. The first-order valence-electron chi connectivity index (χ1n) is 6.60. The third kappa shape index (κ3) is 2.95. The molecule has 0 spiro atoms. The summed E-state index contributed by atoms with van der Waals surface area (Å²) in [6.45, 7) is 1.92. The van der Waals surface area contributed by atoms with Gasteiger partial charge in [0.1, 0.15) is 5.75 Å². The zero-order valence-electron chi connectivity index (χ0n) is 11.7. The molecule has 0 aliphatic rings. The van der Waals surface area contributed by atoms with E-state index in [-0.39, 0.29) is 18.2 Å². The Hall–Kier alpha value is -2.76. The van der Waals surface area contributed by atoms with Gasteiger partial charge >= 0.3 is 0 Å².